The second-order valence-corrected chi connectivity index (χ2v) is 8.51. The van der Waals surface area contributed by atoms with Gasteiger partial charge in [-0.1, -0.05) is 0 Å². The molecule has 3 aromatic rings. The highest BCUT2D eigenvalue weighted by Crippen LogP contribution is 2.19. The van der Waals surface area contributed by atoms with Gasteiger partial charge in [-0.05, 0) is 75.4 Å². The van der Waals surface area contributed by atoms with Crippen molar-refractivity contribution in [2.75, 3.05) is 28.0 Å². The van der Waals surface area contributed by atoms with Crippen LogP contribution in [0.2, 0.25) is 0 Å². The molecule has 0 unspecified atom stereocenters. The molecule has 0 aliphatic rings. The van der Waals surface area contributed by atoms with Crippen LogP contribution < -0.4 is 14.9 Å². The SMILES string of the molecule is CCN(CC)c1ccc(C(=O)Nc2ccc(S(=O)(=O)Nc3nccc(C)n3)cc2)cc1. The van der Waals surface area contributed by atoms with Gasteiger partial charge < -0.3 is 10.2 Å². The first kappa shape index (κ1) is 22.2. The van der Waals surface area contributed by atoms with Crippen molar-refractivity contribution in [3.05, 3.63) is 72.1 Å². The zero-order chi connectivity index (χ0) is 22.4. The van der Waals surface area contributed by atoms with E-state index in [1.807, 2.05) is 12.1 Å². The van der Waals surface area contributed by atoms with Gasteiger partial charge in [0, 0.05) is 41.9 Å². The molecule has 0 bridgehead atoms. The van der Waals surface area contributed by atoms with Gasteiger partial charge >= 0.3 is 0 Å². The average Bonchev–Trinajstić information content (AvgIpc) is 2.75. The number of sulfonamides is 1. The van der Waals surface area contributed by atoms with E-state index in [1.54, 1.807) is 25.1 Å². The first-order valence-corrected chi connectivity index (χ1v) is 11.4. The molecule has 0 saturated carbocycles. The van der Waals surface area contributed by atoms with E-state index in [4.69, 9.17) is 0 Å². The molecular formula is C22H25N5O3S. The number of aryl methyl sites for hydroxylation is 1. The number of nitrogens with one attached hydrogen (secondary N) is 2. The van der Waals surface area contributed by atoms with Gasteiger partial charge in [-0.2, -0.15) is 0 Å². The Balaban J connectivity index is 1.68. The van der Waals surface area contributed by atoms with E-state index in [0.29, 0.717) is 16.9 Å². The number of carbonyl (C=O) groups excluding carboxylic acids is 1. The number of hydrogen-bond acceptors (Lipinski definition) is 6. The molecule has 162 valence electrons. The minimum Gasteiger partial charge on any atom is -0.372 e. The summed E-state index contributed by atoms with van der Waals surface area (Å²) in [4.78, 5) is 22.7. The van der Waals surface area contributed by atoms with E-state index < -0.39 is 10.0 Å². The lowest BCUT2D eigenvalue weighted by molar-refractivity contribution is 0.102. The number of carbonyl (C=O) groups is 1. The van der Waals surface area contributed by atoms with Crippen LogP contribution in [0.25, 0.3) is 0 Å². The molecule has 1 aromatic heterocycles. The van der Waals surface area contributed by atoms with Crippen LogP contribution in [-0.2, 0) is 10.0 Å². The fraction of sp³-hybridized carbons (Fsp3) is 0.227. The summed E-state index contributed by atoms with van der Waals surface area (Å²) < 4.78 is 27.4. The molecule has 9 heteroatoms. The van der Waals surface area contributed by atoms with Gasteiger partial charge in [0.2, 0.25) is 5.95 Å². The van der Waals surface area contributed by atoms with Crippen molar-refractivity contribution in [3.63, 3.8) is 0 Å². The van der Waals surface area contributed by atoms with Gasteiger partial charge in [0.15, 0.2) is 0 Å². The van der Waals surface area contributed by atoms with Crippen molar-refractivity contribution in [1.82, 2.24) is 9.97 Å². The number of hydrogen-bond donors (Lipinski definition) is 2. The third kappa shape index (κ3) is 5.58. The van der Waals surface area contributed by atoms with E-state index in [9.17, 15) is 13.2 Å². The van der Waals surface area contributed by atoms with E-state index in [-0.39, 0.29) is 16.8 Å². The minimum atomic E-state index is -3.84. The largest absolute Gasteiger partial charge is 0.372 e. The lowest BCUT2D eigenvalue weighted by Crippen LogP contribution is -2.21. The Kier molecular flexibility index (Phi) is 6.86. The van der Waals surface area contributed by atoms with Crippen LogP contribution in [-0.4, -0.2) is 37.4 Å². The summed E-state index contributed by atoms with van der Waals surface area (Å²) in [6.07, 6.45) is 1.48. The number of anilines is 3. The van der Waals surface area contributed by atoms with Crippen molar-refractivity contribution in [2.24, 2.45) is 0 Å². The molecule has 0 aliphatic heterocycles. The Morgan fingerprint density at radius 2 is 1.61 bits per heavy atom. The standard InChI is InChI=1S/C22H25N5O3S/c1-4-27(5-2)19-10-6-17(7-11-19)21(28)25-18-8-12-20(13-9-18)31(29,30)26-22-23-15-14-16(3)24-22/h6-15H,4-5H2,1-3H3,(H,25,28)(H,23,24,26). The van der Waals surface area contributed by atoms with Gasteiger partial charge in [-0.15, -0.1) is 0 Å². The van der Waals surface area contributed by atoms with Gasteiger partial charge in [0.1, 0.15) is 0 Å². The first-order chi connectivity index (χ1) is 14.8. The van der Waals surface area contributed by atoms with Gasteiger partial charge in [0.25, 0.3) is 15.9 Å². The van der Waals surface area contributed by atoms with E-state index in [0.717, 1.165) is 18.8 Å². The second-order valence-electron chi connectivity index (χ2n) is 6.82. The summed E-state index contributed by atoms with van der Waals surface area (Å²) in [5.41, 5.74) is 2.71. The topological polar surface area (TPSA) is 104 Å². The second kappa shape index (κ2) is 9.57. The molecule has 3 rings (SSSR count). The zero-order valence-electron chi connectivity index (χ0n) is 17.7. The number of rotatable bonds is 8. The Morgan fingerprint density at radius 1 is 0.968 bits per heavy atom. The summed E-state index contributed by atoms with van der Waals surface area (Å²) in [6.45, 7) is 7.69. The number of aromatic nitrogens is 2. The molecule has 0 spiro atoms. The van der Waals surface area contributed by atoms with Crippen molar-refractivity contribution in [3.8, 4) is 0 Å². The van der Waals surface area contributed by atoms with Gasteiger partial charge in [0.05, 0.1) is 4.90 Å². The maximum atomic E-state index is 12.5. The van der Waals surface area contributed by atoms with E-state index in [1.165, 1.54) is 30.5 Å². The van der Waals surface area contributed by atoms with Crippen LogP contribution in [0.3, 0.4) is 0 Å². The lowest BCUT2D eigenvalue weighted by atomic mass is 10.1. The highest BCUT2D eigenvalue weighted by Gasteiger charge is 2.16. The highest BCUT2D eigenvalue weighted by molar-refractivity contribution is 7.92. The van der Waals surface area contributed by atoms with Gasteiger partial charge in [-0.3, -0.25) is 4.79 Å². The zero-order valence-corrected chi connectivity index (χ0v) is 18.5. The van der Waals surface area contributed by atoms with Gasteiger partial charge in [-0.25, -0.2) is 23.1 Å². The third-order valence-corrected chi connectivity index (χ3v) is 6.05. The van der Waals surface area contributed by atoms with Crippen molar-refractivity contribution < 1.29 is 13.2 Å². The molecule has 0 atom stereocenters. The summed E-state index contributed by atoms with van der Waals surface area (Å²) in [5.74, 6) is -0.265. The number of amides is 1. The molecule has 0 aliphatic carbocycles. The smallest absolute Gasteiger partial charge is 0.264 e. The van der Waals surface area contributed by atoms with Crippen LogP contribution in [0.5, 0.6) is 0 Å². The fourth-order valence-corrected chi connectivity index (χ4v) is 3.96. The molecule has 8 nitrogen and oxygen atoms in total. The molecule has 2 aromatic carbocycles. The van der Waals surface area contributed by atoms with Crippen LogP contribution in [0, 0.1) is 6.92 Å². The molecule has 0 saturated heterocycles. The quantitative estimate of drug-likeness (QED) is 0.555. The monoisotopic (exact) mass is 439 g/mol. The summed E-state index contributed by atoms with van der Waals surface area (Å²) in [7, 11) is -3.84. The molecule has 1 heterocycles. The molecule has 2 N–H and O–H groups in total. The molecule has 1 amide bonds. The molecular weight excluding hydrogens is 414 g/mol. The van der Waals surface area contributed by atoms with Crippen molar-refractivity contribution in [2.45, 2.75) is 25.7 Å². The maximum absolute atomic E-state index is 12.5. The Morgan fingerprint density at radius 3 is 2.19 bits per heavy atom. The summed E-state index contributed by atoms with van der Waals surface area (Å²) in [6, 6.07) is 14.9. The normalized spacial score (nSPS) is 11.1. The van der Waals surface area contributed by atoms with Crippen molar-refractivity contribution >= 4 is 33.3 Å². The van der Waals surface area contributed by atoms with Crippen LogP contribution in [0.15, 0.2) is 65.7 Å². The summed E-state index contributed by atoms with van der Waals surface area (Å²) >= 11 is 0. The maximum Gasteiger partial charge on any atom is 0.264 e. The summed E-state index contributed by atoms with van der Waals surface area (Å²) in [5, 5.41) is 2.78. The minimum absolute atomic E-state index is 0.00513. The van der Waals surface area contributed by atoms with Crippen LogP contribution in [0.4, 0.5) is 17.3 Å². The molecule has 31 heavy (non-hydrogen) atoms. The van der Waals surface area contributed by atoms with Crippen LogP contribution >= 0.6 is 0 Å². The fourth-order valence-electron chi connectivity index (χ4n) is 3.01. The van der Waals surface area contributed by atoms with Crippen molar-refractivity contribution in [1.29, 1.82) is 0 Å². The number of benzene rings is 2. The van der Waals surface area contributed by atoms with Crippen LogP contribution in [0.1, 0.15) is 29.9 Å². The predicted molar refractivity (Wildman–Crippen MR) is 122 cm³/mol. The lowest BCUT2D eigenvalue weighted by Gasteiger charge is -2.21. The Labute approximate surface area is 182 Å². The highest BCUT2D eigenvalue weighted by atomic mass is 32.2. The molecule has 0 radical (unpaired) electrons. The Bertz CT molecular complexity index is 1140. The Hall–Kier alpha value is -3.46. The molecule has 0 fully saturated rings. The number of nitrogens with zero attached hydrogens (tertiary/aromatic N) is 3. The van der Waals surface area contributed by atoms with E-state index >= 15 is 0 Å². The average molecular weight is 440 g/mol. The third-order valence-electron chi connectivity index (χ3n) is 4.70. The first-order valence-electron chi connectivity index (χ1n) is 9.91. The van der Waals surface area contributed by atoms with E-state index in [2.05, 4.69) is 38.8 Å². The predicted octanol–water partition coefficient (Wildman–Crippen LogP) is 3.68.